The van der Waals surface area contributed by atoms with Crippen LogP contribution in [-0.2, 0) is 16.3 Å². The van der Waals surface area contributed by atoms with Crippen molar-refractivity contribution in [2.45, 2.75) is 16.6 Å². The molecule has 0 radical (unpaired) electrons. The Morgan fingerprint density at radius 3 is 2.74 bits per heavy atom. The van der Waals surface area contributed by atoms with Crippen LogP contribution in [0.15, 0.2) is 76.4 Å². The number of nitrogens with one attached hydrogen (secondary N) is 2. The van der Waals surface area contributed by atoms with Gasteiger partial charge in [0.2, 0.25) is 11.0 Å². The lowest BCUT2D eigenvalue weighted by Crippen LogP contribution is -2.47. The van der Waals surface area contributed by atoms with Crippen LogP contribution in [0, 0.1) is 5.82 Å². The summed E-state index contributed by atoms with van der Waals surface area (Å²) < 4.78 is 21.2. The van der Waals surface area contributed by atoms with Crippen LogP contribution in [-0.4, -0.2) is 21.1 Å². The molecule has 2 aliphatic rings. The molecule has 6 rings (SSSR count). The number of aromatic nitrogens is 3. The van der Waals surface area contributed by atoms with Gasteiger partial charge in [-0.25, -0.2) is 4.39 Å². The second kappa shape index (κ2) is 8.07. The van der Waals surface area contributed by atoms with E-state index in [0.29, 0.717) is 44.7 Å². The van der Waals surface area contributed by atoms with Crippen molar-refractivity contribution in [2.75, 3.05) is 10.6 Å². The van der Waals surface area contributed by atoms with Crippen LogP contribution < -0.4 is 15.4 Å². The Bertz CT molecular complexity index is 1470. The number of fused-ring (bicyclic) bond motifs is 5. The van der Waals surface area contributed by atoms with Gasteiger partial charge >= 0.3 is 0 Å². The van der Waals surface area contributed by atoms with Gasteiger partial charge < -0.3 is 15.4 Å². The lowest BCUT2D eigenvalue weighted by Gasteiger charge is -2.28. The summed E-state index contributed by atoms with van der Waals surface area (Å²) in [6.07, 6.45) is 0. The number of para-hydroxylation sites is 1. The second-order valence-electron chi connectivity index (χ2n) is 7.73. The van der Waals surface area contributed by atoms with Crippen LogP contribution >= 0.6 is 27.7 Å². The van der Waals surface area contributed by atoms with Gasteiger partial charge in [-0.1, -0.05) is 64.1 Å². The third-order valence-corrected chi connectivity index (χ3v) is 7.00. The van der Waals surface area contributed by atoms with Gasteiger partial charge in [-0.15, -0.1) is 10.2 Å². The van der Waals surface area contributed by atoms with Crippen molar-refractivity contribution >= 4 is 45.0 Å². The van der Waals surface area contributed by atoms with Crippen molar-refractivity contribution < 1.29 is 13.9 Å². The summed E-state index contributed by atoms with van der Waals surface area (Å²) in [7, 11) is 0. The fraction of sp³-hybridized carbons (Fsp3) is 0.0833. The number of carbonyl (C=O) groups is 1. The quantitative estimate of drug-likeness (QED) is 0.342. The average molecular weight is 536 g/mol. The number of thioether (sulfide) groups is 1. The first-order valence-corrected chi connectivity index (χ1v) is 12.1. The fourth-order valence-corrected chi connectivity index (χ4v) is 5.12. The van der Waals surface area contributed by atoms with Gasteiger partial charge in [-0.3, -0.25) is 4.79 Å². The highest BCUT2D eigenvalue weighted by Crippen LogP contribution is 2.47. The van der Waals surface area contributed by atoms with E-state index in [2.05, 4.69) is 41.7 Å². The van der Waals surface area contributed by atoms with Crippen molar-refractivity contribution in [1.82, 2.24) is 15.2 Å². The largest absolute Gasteiger partial charge is 0.435 e. The molecule has 0 aliphatic carbocycles. The van der Waals surface area contributed by atoms with Gasteiger partial charge in [-0.05, 0) is 35.9 Å². The molecular weight excluding hydrogens is 521 g/mol. The standard InChI is InChI=1S/C24H15BrFN5O2S/c25-14-9-10-19-16(11-14)24(22(32)27-19)29-18-8-4-2-6-15(18)20-21(33-24)28-23(31-30-20)34-12-13-5-1-3-7-17(13)26/h1-11,29H,12H2,(H,27,32)/t24-/m0/s1. The number of nitrogens with zero attached hydrogens (tertiary/aromatic N) is 3. The molecule has 0 fully saturated rings. The van der Waals surface area contributed by atoms with Gasteiger partial charge in [-0.2, -0.15) is 4.98 Å². The predicted octanol–water partition coefficient (Wildman–Crippen LogP) is 5.34. The van der Waals surface area contributed by atoms with Gasteiger partial charge in [0.25, 0.3) is 11.6 Å². The van der Waals surface area contributed by atoms with Gasteiger partial charge in [0.15, 0.2) is 5.69 Å². The molecule has 0 unspecified atom stereocenters. The molecular formula is C24H15BrFN5O2S. The topological polar surface area (TPSA) is 89.0 Å². The van der Waals surface area contributed by atoms with Crippen molar-refractivity contribution in [3.05, 3.63) is 88.1 Å². The molecule has 2 aliphatic heterocycles. The SMILES string of the molecule is O=C1Nc2ccc(Br)cc2[C@@]12Nc1ccccc1-c1nnc(SCc3ccccc3F)nc1O2. The molecule has 4 aromatic rings. The molecule has 34 heavy (non-hydrogen) atoms. The zero-order chi connectivity index (χ0) is 23.3. The van der Waals surface area contributed by atoms with Crippen molar-refractivity contribution in [3.63, 3.8) is 0 Å². The average Bonchev–Trinajstić information content (AvgIpc) is 3.00. The Morgan fingerprint density at radius 1 is 1.03 bits per heavy atom. The highest BCUT2D eigenvalue weighted by Gasteiger charge is 2.52. The molecule has 1 atom stereocenters. The number of rotatable bonds is 3. The Labute approximate surface area is 206 Å². The maximum atomic E-state index is 14.1. The monoisotopic (exact) mass is 535 g/mol. The molecule has 0 saturated carbocycles. The maximum absolute atomic E-state index is 14.1. The molecule has 1 aromatic heterocycles. The first-order valence-electron chi connectivity index (χ1n) is 10.3. The number of ether oxygens (including phenoxy) is 1. The van der Waals surface area contributed by atoms with Gasteiger partial charge in [0.05, 0.1) is 11.3 Å². The molecule has 0 bridgehead atoms. The zero-order valence-electron chi connectivity index (χ0n) is 17.4. The van der Waals surface area contributed by atoms with Crippen LogP contribution in [0.5, 0.6) is 5.88 Å². The normalized spacial score (nSPS) is 17.6. The molecule has 1 amide bonds. The smallest absolute Gasteiger partial charge is 0.295 e. The summed E-state index contributed by atoms with van der Waals surface area (Å²) >= 11 is 4.72. The molecule has 0 saturated heterocycles. The molecule has 168 valence electrons. The minimum atomic E-state index is -1.55. The summed E-state index contributed by atoms with van der Waals surface area (Å²) in [6.45, 7) is 0. The summed E-state index contributed by atoms with van der Waals surface area (Å²) in [5, 5.41) is 15.1. The van der Waals surface area contributed by atoms with Crippen LogP contribution in [0.1, 0.15) is 11.1 Å². The minimum absolute atomic E-state index is 0.159. The second-order valence-corrected chi connectivity index (χ2v) is 9.58. The number of halogens is 2. The van der Waals surface area contributed by atoms with E-state index in [1.165, 1.54) is 17.8 Å². The van der Waals surface area contributed by atoms with Gasteiger partial charge in [0.1, 0.15) is 5.82 Å². The molecule has 3 aromatic carbocycles. The lowest BCUT2D eigenvalue weighted by molar-refractivity contribution is -0.128. The number of amides is 1. The van der Waals surface area contributed by atoms with E-state index < -0.39 is 5.72 Å². The Balaban J connectivity index is 1.45. The van der Waals surface area contributed by atoms with E-state index in [-0.39, 0.29) is 17.6 Å². The zero-order valence-corrected chi connectivity index (χ0v) is 19.8. The van der Waals surface area contributed by atoms with E-state index in [1.54, 1.807) is 18.2 Å². The van der Waals surface area contributed by atoms with Crippen LogP contribution in [0.2, 0.25) is 0 Å². The fourth-order valence-electron chi connectivity index (χ4n) is 3.99. The highest BCUT2D eigenvalue weighted by atomic mass is 79.9. The summed E-state index contributed by atoms with van der Waals surface area (Å²) in [6, 6.07) is 19.5. The molecule has 1 spiro atoms. The van der Waals surface area contributed by atoms with Crippen LogP contribution in [0.4, 0.5) is 15.8 Å². The molecule has 3 heterocycles. The first kappa shape index (κ1) is 21.1. The third-order valence-electron chi connectivity index (χ3n) is 5.62. The molecule has 2 N–H and O–H groups in total. The van der Waals surface area contributed by atoms with Crippen molar-refractivity contribution in [1.29, 1.82) is 0 Å². The van der Waals surface area contributed by atoms with E-state index in [0.717, 1.165) is 4.47 Å². The highest BCUT2D eigenvalue weighted by molar-refractivity contribution is 9.10. The van der Waals surface area contributed by atoms with E-state index in [9.17, 15) is 9.18 Å². The summed E-state index contributed by atoms with van der Waals surface area (Å²) in [4.78, 5) is 17.9. The number of hydrogen-bond acceptors (Lipinski definition) is 7. The van der Waals surface area contributed by atoms with Gasteiger partial charge in [0, 0.05) is 21.5 Å². The maximum Gasteiger partial charge on any atom is 0.295 e. The van der Waals surface area contributed by atoms with Crippen molar-refractivity contribution in [3.8, 4) is 17.1 Å². The van der Waals surface area contributed by atoms with E-state index in [4.69, 9.17) is 4.74 Å². The number of benzene rings is 3. The Morgan fingerprint density at radius 2 is 1.85 bits per heavy atom. The number of anilines is 2. The van der Waals surface area contributed by atoms with Crippen LogP contribution in [0.3, 0.4) is 0 Å². The number of hydrogen-bond donors (Lipinski definition) is 2. The molecule has 7 nitrogen and oxygen atoms in total. The Hall–Kier alpha value is -3.50. The van der Waals surface area contributed by atoms with E-state index >= 15 is 0 Å². The molecule has 10 heteroatoms. The van der Waals surface area contributed by atoms with E-state index in [1.807, 2.05) is 42.5 Å². The summed E-state index contributed by atoms with van der Waals surface area (Å²) in [5.74, 6) is -0.187. The Kier molecular flexibility index (Phi) is 5.00. The first-order chi connectivity index (χ1) is 16.5. The van der Waals surface area contributed by atoms with Crippen molar-refractivity contribution in [2.24, 2.45) is 0 Å². The predicted molar refractivity (Wildman–Crippen MR) is 130 cm³/mol. The van der Waals surface area contributed by atoms with Crippen LogP contribution in [0.25, 0.3) is 11.3 Å². The minimum Gasteiger partial charge on any atom is -0.435 e. The third kappa shape index (κ3) is 3.41. The lowest BCUT2D eigenvalue weighted by atomic mass is 10.0. The summed E-state index contributed by atoms with van der Waals surface area (Å²) in [5.41, 5.74) is 2.01. The number of carbonyl (C=O) groups excluding carboxylic acids is 1.